The lowest BCUT2D eigenvalue weighted by Crippen LogP contribution is -1.95. The van der Waals surface area contributed by atoms with Crippen LogP contribution in [-0.2, 0) is 6.42 Å². The largest absolute Gasteiger partial charge is 0.456 e. The average Bonchev–Trinajstić information content (AvgIpc) is 2.66. The van der Waals surface area contributed by atoms with Gasteiger partial charge >= 0.3 is 0 Å². The Kier molecular flexibility index (Phi) is 3.34. The fourth-order valence-corrected chi connectivity index (χ4v) is 2.21. The van der Waals surface area contributed by atoms with Gasteiger partial charge in [-0.25, -0.2) is 0 Å². The molecule has 0 amide bonds. The number of aliphatic hydroxyl groups excluding tert-OH is 1. The maximum atomic E-state index is 9.40. The highest BCUT2D eigenvalue weighted by Crippen LogP contribution is 2.31. The second-order valence-corrected chi connectivity index (χ2v) is 4.35. The number of furan rings is 1. The van der Waals surface area contributed by atoms with Crippen LogP contribution in [-0.4, -0.2) is 11.2 Å². The third-order valence-corrected chi connectivity index (χ3v) is 2.90. The molecule has 0 saturated carbocycles. The summed E-state index contributed by atoms with van der Waals surface area (Å²) in [4.78, 5) is 0. The third-order valence-electron chi connectivity index (χ3n) is 2.90. The molecule has 0 spiro atoms. The van der Waals surface area contributed by atoms with Gasteiger partial charge in [0.2, 0.25) is 0 Å². The van der Waals surface area contributed by atoms with E-state index in [2.05, 4.69) is 13.0 Å². The molecule has 2 heteroatoms. The summed E-state index contributed by atoms with van der Waals surface area (Å²) >= 11 is 0. The van der Waals surface area contributed by atoms with Crippen LogP contribution in [0, 0.1) is 0 Å². The number of fused-ring (bicyclic) bond motifs is 1. The summed E-state index contributed by atoms with van der Waals surface area (Å²) in [5.74, 6) is 0.898. The molecule has 0 bridgehead atoms. The zero-order valence-corrected chi connectivity index (χ0v) is 10.5. The van der Waals surface area contributed by atoms with E-state index in [0.717, 1.165) is 23.3 Å². The predicted octanol–water partition coefficient (Wildman–Crippen LogP) is 3.78. The van der Waals surface area contributed by atoms with Gasteiger partial charge in [-0.2, -0.15) is 0 Å². The van der Waals surface area contributed by atoms with Gasteiger partial charge in [-0.15, -0.1) is 0 Å². The Morgan fingerprint density at radius 3 is 2.76 bits per heavy atom. The second-order valence-electron chi connectivity index (χ2n) is 4.35. The predicted molar refractivity (Wildman–Crippen MR) is 70.9 cm³/mol. The number of rotatable bonds is 3. The molecule has 0 saturated heterocycles. The lowest BCUT2D eigenvalue weighted by molar-refractivity contribution is 0.244. The molecular weight excluding hydrogens is 212 g/mol. The molecule has 2 nitrogen and oxygen atoms in total. The minimum absolute atomic E-state index is 0.451. The molecule has 90 valence electrons. The van der Waals surface area contributed by atoms with E-state index in [0.29, 0.717) is 0 Å². The first-order chi connectivity index (χ1) is 8.13. The van der Waals surface area contributed by atoms with Crippen molar-refractivity contribution in [3.8, 4) is 0 Å². The van der Waals surface area contributed by atoms with Crippen molar-refractivity contribution in [1.29, 1.82) is 0 Å². The summed E-state index contributed by atoms with van der Waals surface area (Å²) in [6, 6.07) is 8.06. The van der Waals surface area contributed by atoms with Crippen LogP contribution in [0.4, 0.5) is 0 Å². The average molecular weight is 230 g/mol. The zero-order valence-electron chi connectivity index (χ0n) is 10.5. The van der Waals surface area contributed by atoms with Crippen molar-refractivity contribution in [1.82, 2.24) is 0 Å². The highest BCUT2D eigenvalue weighted by atomic mass is 16.3. The molecule has 1 unspecified atom stereocenters. The minimum Gasteiger partial charge on any atom is -0.456 e. The van der Waals surface area contributed by atoms with Crippen LogP contribution < -0.4 is 0 Å². The second kappa shape index (κ2) is 4.76. The van der Waals surface area contributed by atoms with E-state index < -0.39 is 6.10 Å². The molecule has 1 N–H and O–H groups in total. The summed E-state index contributed by atoms with van der Waals surface area (Å²) in [6.07, 6.45) is 2.29. The summed E-state index contributed by atoms with van der Waals surface area (Å²) in [5.41, 5.74) is 3.13. The molecule has 0 fully saturated rings. The van der Waals surface area contributed by atoms with Crippen LogP contribution in [0.3, 0.4) is 0 Å². The van der Waals surface area contributed by atoms with Crippen molar-refractivity contribution < 1.29 is 9.52 Å². The smallest absolute Gasteiger partial charge is 0.135 e. The topological polar surface area (TPSA) is 33.4 Å². The van der Waals surface area contributed by atoms with Crippen LogP contribution in [0.15, 0.2) is 34.8 Å². The summed E-state index contributed by atoms with van der Waals surface area (Å²) in [6.45, 7) is 5.85. The number of aliphatic hydroxyl groups is 1. The summed E-state index contributed by atoms with van der Waals surface area (Å²) in [5, 5.41) is 10.6. The van der Waals surface area contributed by atoms with Crippen molar-refractivity contribution in [2.75, 3.05) is 0 Å². The Morgan fingerprint density at radius 2 is 2.12 bits per heavy atom. The van der Waals surface area contributed by atoms with Crippen molar-refractivity contribution in [3.63, 3.8) is 0 Å². The van der Waals surface area contributed by atoms with E-state index in [4.69, 9.17) is 4.42 Å². The highest BCUT2D eigenvalue weighted by Gasteiger charge is 2.13. The molecule has 2 aromatic rings. The van der Waals surface area contributed by atoms with Crippen molar-refractivity contribution in [3.05, 3.63) is 41.7 Å². The highest BCUT2D eigenvalue weighted by molar-refractivity contribution is 5.86. The number of para-hydroxylation sites is 1. The molecular formula is C15H18O2. The Hall–Kier alpha value is -1.54. The molecule has 1 aromatic carbocycles. The third kappa shape index (κ3) is 2.27. The van der Waals surface area contributed by atoms with Gasteiger partial charge in [0.15, 0.2) is 0 Å². The van der Waals surface area contributed by atoms with E-state index >= 15 is 0 Å². The molecule has 1 atom stereocenters. The SMILES string of the molecule is CCc1c(/C(C)=C/C(C)O)oc2ccccc12. The molecule has 17 heavy (non-hydrogen) atoms. The van der Waals surface area contributed by atoms with Gasteiger partial charge in [-0.3, -0.25) is 0 Å². The summed E-state index contributed by atoms with van der Waals surface area (Å²) in [7, 11) is 0. The Bertz CT molecular complexity index is 547. The van der Waals surface area contributed by atoms with Gasteiger partial charge < -0.3 is 9.52 Å². The van der Waals surface area contributed by atoms with Crippen LogP contribution in [0.25, 0.3) is 16.5 Å². The Morgan fingerprint density at radius 1 is 1.41 bits per heavy atom. The first-order valence-electron chi connectivity index (χ1n) is 6.00. The maximum Gasteiger partial charge on any atom is 0.135 e. The molecule has 0 aliphatic carbocycles. The van der Waals surface area contributed by atoms with Gasteiger partial charge in [0.1, 0.15) is 11.3 Å². The number of hydrogen-bond acceptors (Lipinski definition) is 2. The van der Waals surface area contributed by atoms with E-state index in [-0.39, 0.29) is 0 Å². The van der Waals surface area contributed by atoms with Crippen molar-refractivity contribution in [2.45, 2.75) is 33.3 Å². The monoisotopic (exact) mass is 230 g/mol. The van der Waals surface area contributed by atoms with Gasteiger partial charge in [-0.05, 0) is 38.0 Å². The number of allylic oxidation sites excluding steroid dienone is 1. The number of hydrogen-bond donors (Lipinski definition) is 1. The van der Waals surface area contributed by atoms with Crippen LogP contribution in [0.5, 0.6) is 0 Å². The molecule has 0 aliphatic rings. The summed E-state index contributed by atoms with van der Waals surface area (Å²) < 4.78 is 5.87. The quantitative estimate of drug-likeness (QED) is 0.870. The Balaban J connectivity index is 2.61. The zero-order chi connectivity index (χ0) is 12.4. The van der Waals surface area contributed by atoms with Gasteiger partial charge in [0, 0.05) is 10.9 Å². The van der Waals surface area contributed by atoms with E-state index in [1.165, 1.54) is 10.9 Å². The maximum absolute atomic E-state index is 9.40. The van der Waals surface area contributed by atoms with Gasteiger partial charge in [-0.1, -0.05) is 25.1 Å². The van der Waals surface area contributed by atoms with E-state index in [1.807, 2.05) is 31.2 Å². The molecule has 1 aromatic heterocycles. The molecule has 0 radical (unpaired) electrons. The first kappa shape index (κ1) is 11.9. The normalized spacial score (nSPS) is 14.2. The Labute approximate surface area is 102 Å². The van der Waals surface area contributed by atoms with Gasteiger partial charge in [0.05, 0.1) is 6.10 Å². The molecule has 1 heterocycles. The van der Waals surface area contributed by atoms with Crippen molar-refractivity contribution in [2.24, 2.45) is 0 Å². The molecule has 0 aliphatic heterocycles. The molecule has 2 rings (SSSR count). The van der Waals surface area contributed by atoms with Crippen LogP contribution >= 0.6 is 0 Å². The van der Waals surface area contributed by atoms with E-state index in [9.17, 15) is 5.11 Å². The van der Waals surface area contributed by atoms with Crippen LogP contribution in [0.2, 0.25) is 0 Å². The minimum atomic E-state index is -0.451. The number of benzene rings is 1. The lowest BCUT2D eigenvalue weighted by atomic mass is 10.0. The standard InChI is InChI=1S/C15H18O2/c1-4-12-13-7-5-6-8-14(13)17-15(12)10(2)9-11(3)16/h5-9,11,16H,4H2,1-3H3/b10-9+. The first-order valence-corrected chi connectivity index (χ1v) is 6.00. The number of aryl methyl sites for hydroxylation is 1. The fourth-order valence-electron chi connectivity index (χ4n) is 2.21. The fraction of sp³-hybridized carbons (Fsp3) is 0.333. The van der Waals surface area contributed by atoms with Crippen LogP contribution in [0.1, 0.15) is 32.1 Å². The van der Waals surface area contributed by atoms with E-state index in [1.54, 1.807) is 6.92 Å². The van der Waals surface area contributed by atoms with Crippen molar-refractivity contribution >= 4 is 16.5 Å². The lowest BCUT2D eigenvalue weighted by Gasteiger charge is -2.02. The van der Waals surface area contributed by atoms with Gasteiger partial charge in [0.25, 0.3) is 0 Å².